The number of aliphatic hydroxyl groups is 2. The second-order valence-electron chi connectivity index (χ2n) is 7.62. The Balaban J connectivity index is 3.39. The summed E-state index contributed by atoms with van der Waals surface area (Å²) >= 11 is 0. The Morgan fingerprint density at radius 2 is 1.64 bits per heavy atom. The van der Waals surface area contributed by atoms with Crippen molar-refractivity contribution in [3.05, 3.63) is 12.2 Å². The molecule has 0 bridgehead atoms. The van der Waals surface area contributed by atoms with Crippen LogP contribution < -0.4 is 5.32 Å². The fourth-order valence-corrected chi connectivity index (χ4v) is 2.78. The minimum Gasteiger partial charge on any atom is -0.393 e. The first kappa shape index (κ1) is 24.1. The van der Waals surface area contributed by atoms with Gasteiger partial charge in [-0.15, -0.1) is 0 Å². The first-order chi connectivity index (χ1) is 11.8. The van der Waals surface area contributed by atoms with Crippen LogP contribution >= 0.6 is 0 Å². The average molecular weight is 356 g/mol. The zero-order valence-corrected chi connectivity index (χ0v) is 16.7. The Bertz CT molecular complexity index is 348. The largest absolute Gasteiger partial charge is 0.393 e. The summed E-state index contributed by atoms with van der Waals surface area (Å²) in [6.07, 6.45) is 17.7. The van der Waals surface area contributed by atoms with Crippen molar-refractivity contribution in [2.45, 2.75) is 116 Å². The van der Waals surface area contributed by atoms with Crippen LogP contribution in [0.5, 0.6) is 0 Å². The van der Waals surface area contributed by atoms with E-state index in [9.17, 15) is 15.0 Å². The summed E-state index contributed by atoms with van der Waals surface area (Å²) in [5.41, 5.74) is -1.12. The number of nitrogens with one attached hydrogen (secondary N) is 1. The monoisotopic (exact) mass is 355 g/mol. The molecule has 0 rings (SSSR count). The van der Waals surface area contributed by atoms with Crippen LogP contribution in [0.25, 0.3) is 0 Å². The molecule has 0 saturated heterocycles. The molecule has 4 heteroatoms. The number of amides is 1. The van der Waals surface area contributed by atoms with E-state index in [1.807, 2.05) is 0 Å². The molecule has 0 spiro atoms. The number of hydrogen-bond acceptors (Lipinski definition) is 3. The smallest absolute Gasteiger partial charge is 0.222 e. The summed E-state index contributed by atoms with van der Waals surface area (Å²) in [5, 5.41) is 21.9. The summed E-state index contributed by atoms with van der Waals surface area (Å²) in [7, 11) is 0. The molecule has 1 amide bonds. The van der Waals surface area contributed by atoms with Crippen molar-refractivity contribution < 1.29 is 15.0 Å². The third-order valence-corrected chi connectivity index (χ3v) is 4.19. The SMILES string of the molecule is CCCCCC[C@@H](O)C/C=C\CCCCCCCC(=O)NC(C)(C)O. The molecular weight excluding hydrogens is 314 g/mol. The summed E-state index contributed by atoms with van der Waals surface area (Å²) in [6.45, 7) is 5.35. The zero-order valence-electron chi connectivity index (χ0n) is 16.7. The molecule has 25 heavy (non-hydrogen) atoms. The van der Waals surface area contributed by atoms with Gasteiger partial charge < -0.3 is 15.5 Å². The van der Waals surface area contributed by atoms with Crippen molar-refractivity contribution in [1.82, 2.24) is 5.32 Å². The van der Waals surface area contributed by atoms with Crippen molar-refractivity contribution >= 4 is 5.91 Å². The van der Waals surface area contributed by atoms with E-state index in [0.29, 0.717) is 6.42 Å². The van der Waals surface area contributed by atoms with Crippen LogP contribution in [0.15, 0.2) is 12.2 Å². The normalized spacial score (nSPS) is 13.3. The lowest BCUT2D eigenvalue weighted by Crippen LogP contribution is -2.42. The fraction of sp³-hybridized carbons (Fsp3) is 0.857. The lowest BCUT2D eigenvalue weighted by molar-refractivity contribution is -0.127. The maximum atomic E-state index is 11.5. The van der Waals surface area contributed by atoms with E-state index in [1.165, 1.54) is 32.1 Å². The van der Waals surface area contributed by atoms with Gasteiger partial charge >= 0.3 is 0 Å². The number of unbranched alkanes of at least 4 members (excludes halogenated alkanes) is 8. The summed E-state index contributed by atoms with van der Waals surface area (Å²) < 4.78 is 0. The van der Waals surface area contributed by atoms with Crippen molar-refractivity contribution in [2.75, 3.05) is 0 Å². The molecule has 0 saturated carbocycles. The highest BCUT2D eigenvalue weighted by Crippen LogP contribution is 2.10. The first-order valence-electron chi connectivity index (χ1n) is 10.2. The van der Waals surface area contributed by atoms with Crippen molar-refractivity contribution in [3.8, 4) is 0 Å². The number of aliphatic hydroxyl groups excluding tert-OH is 1. The van der Waals surface area contributed by atoms with Gasteiger partial charge in [0.25, 0.3) is 0 Å². The van der Waals surface area contributed by atoms with Gasteiger partial charge in [-0.3, -0.25) is 4.79 Å². The van der Waals surface area contributed by atoms with Gasteiger partial charge in [0.05, 0.1) is 6.10 Å². The lowest BCUT2D eigenvalue weighted by Gasteiger charge is -2.18. The molecule has 0 aromatic rings. The van der Waals surface area contributed by atoms with E-state index in [2.05, 4.69) is 24.4 Å². The molecule has 3 N–H and O–H groups in total. The molecule has 4 nitrogen and oxygen atoms in total. The fourth-order valence-electron chi connectivity index (χ4n) is 2.78. The molecule has 0 unspecified atom stereocenters. The standard InChI is InChI=1S/C21H41NO3/c1-4-5-6-13-16-19(23)17-14-11-9-7-8-10-12-15-18-20(24)22-21(2,3)25/h11,14,19,23,25H,4-10,12-13,15-18H2,1-3H3,(H,22,24)/b14-11-/t19-/m1/s1. The second kappa shape index (κ2) is 15.4. The Kier molecular flexibility index (Phi) is 14.9. The maximum absolute atomic E-state index is 11.5. The number of hydrogen-bond donors (Lipinski definition) is 3. The van der Waals surface area contributed by atoms with Gasteiger partial charge in [0.15, 0.2) is 0 Å². The van der Waals surface area contributed by atoms with Crippen molar-refractivity contribution in [2.24, 2.45) is 0 Å². The van der Waals surface area contributed by atoms with E-state index in [0.717, 1.165) is 44.9 Å². The number of allylic oxidation sites excluding steroid dienone is 1. The van der Waals surface area contributed by atoms with Gasteiger partial charge in [0.1, 0.15) is 5.72 Å². The molecular formula is C21H41NO3. The van der Waals surface area contributed by atoms with Gasteiger partial charge in [-0.25, -0.2) is 0 Å². The molecule has 0 aliphatic heterocycles. The lowest BCUT2D eigenvalue weighted by atomic mass is 10.1. The van der Waals surface area contributed by atoms with Crippen LogP contribution in [0, 0.1) is 0 Å². The van der Waals surface area contributed by atoms with Crippen molar-refractivity contribution in [3.63, 3.8) is 0 Å². The molecule has 0 aliphatic carbocycles. The molecule has 0 aliphatic rings. The van der Waals surface area contributed by atoms with Crippen LogP contribution in [0.2, 0.25) is 0 Å². The van der Waals surface area contributed by atoms with E-state index in [1.54, 1.807) is 13.8 Å². The quantitative estimate of drug-likeness (QED) is 0.211. The summed E-state index contributed by atoms with van der Waals surface area (Å²) in [6, 6.07) is 0. The first-order valence-corrected chi connectivity index (χ1v) is 10.2. The highest BCUT2D eigenvalue weighted by atomic mass is 16.3. The topological polar surface area (TPSA) is 69.6 Å². The third kappa shape index (κ3) is 19.3. The number of carbonyl (C=O) groups is 1. The minimum absolute atomic E-state index is 0.0799. The molecule has 1 atom stereocenters. The third-order valence-electron chi connectivity index (χ3n) is 4.19. The molecule has 0 aromatic carbocycles. The molecule has 148 valence electrons. The second-order valence-corrected chi connectivity index (χ2v) is 7.62. The van der Waals surface area contributed by atoms with Crippen molar-refractivity contribution in [1.29, 1.82) is 0 Å². The van der Waals surface area contributed by atoms with Crippen LogP contribution in [0.3, 0.4) is 0 Å². The Morgan fingerprint density at radius 1 is 1.00 bits per heavy atom. The van der Waals surface area contributed by atoms with Crippen LogP contribution in [0.1, 0.15) is 104 Å². The number of rotatable bonds is 16. The predicted octanol–water partition coefficient (Wildman–Crippen LogP) is 4.84. The van der Waals surface area contributed by atoms with Gasteiger partial charge in [0.2, 0.25) is 5.91 Å². The van der Waals surface area contributed by atoms with Gasteiger partial charge in [0, 0.05) is 6.42 Å². The molecule has 0 radical (unpaired) electrons. The van der Waals surface area contributed by atoms with E-state index in [-0.39, 0.29) is 12.0 Å². The maximum Gasteiger partial charge on any atom is 0.222 e. The average Bonchev–Trinajstić information content (AvgIpc) is 2.51. The Hall–Kier alpha value is -0.870. The summed E-state index contributed by atoms with van der Waals surface area (Å²) in [5.74, 6) is -0.0799. The highest BCUT2D eigenvalue weighted by Gasteiger charge is 2.14. The van der Waals surface area contributed by atoms with Crippen LogP contribution in [-0.2, 0) is 4.79 Å². The predicted molar refractivity (Wildman–Crippen MR) is 105 cm³/mol. The van der Waals surface area contributed by atoms with Gasteiger partial charge in [-0.1, -0.05) is 64.0 Å². The highest BCUT2D eigenvalue weighted by molar-refractivity contribution is 5.76. The van der Waals surface area contributed by atoms with Gasteiger partial charge in [-0.2, -0.15) is 0 Å². The van der Waals surface area contributed by atoms with E-state index < -0.39 is 5.72 Å². The summed E-state index contributed by atoms with van der Waals surface area (Å²) in [4.78, 5) is 11.5. The van der Waals surface area contributed by atoms with Gasteiger partial charge in [-0.05, 0) is 46.0 Å². The van der Waals surface area contributed by atoms with Crippen LogP contribution in [-0.4, -0.2) is 27.9 Å². The molecule has 0 aromatic heterocycles. The Labute approximate surface area is 155 Å². The molecule has 0 heterocycles. The van der Waals surface area contributed by atoms with E-state index >= 15 is 0 Å². The Morgan fingerprint density at radius 3 is 2.32 bits per heavy atom. The zero-order chi connectivity index (χ0) is 19.0. The minimum atomic E-state index is -1.12. The van der Waals surface area contributed by atoms with E-state index in [4.69, 9.17) is 0 Å². The number of carbonyl (C=O) groups excluding carboxylic acids is 1. The molecule has 0 fully saturated rings. The van der Waals surface area contributed by atoms with Crippen LogP contribution in [0.4, 0.5) is 0 Å².